The van der Waals surface area contributed by atoms with E-state index in [1.165, 1.54) is 0 Å². The van der Waals surface area contributed by atoms with E-state index in [2.05, 4.69) is 10.3 Å². The molecule has 0 spiro atoms. The molecule has 1 amide bonds. The second kappa shape index (κ2) is 4.99. The number of hydrogen-bond donors (Lipinski definition) is 2. The molecule has 1 aromatic heterocycles. The molecule has 0 radical (unpaired) electrons. The van der Waals surface area contributed by atoms with Crippen LogP contribution in [0.4, 0.5) is 10.2 Å². The summed E-state index contributed by atoms with van der Waals surface area (Å²) in [4.78, 5) is 27.8. The maximum absolute atomic E-state index is 13.0. The number of rotatable bonds is 2. The summed E-state index contributed by atoms with van der Waals surface area (Å²) in [6.45, 7) is 1.06. The van der Waals surface area contributed by atoms with E-state index in [0.717, 1.165) is 12.3 Å². The molecule has 7 heteroatoms. The number of carbonyl (C=O) groups excluding carboxylic acids is 1. The van der Waals surface area contributed by atoms with Gasteiger partial charge in [-0.25, -0.2) is 14.2 Å². The molecule has 0 saturated carbocycles. The van der Waals surface area contributed by atoms with E-state index in [1.807, 2.05) is 0 Å². The Labute approximate surface area is 102 Å². The van der Waals surface area contributed by atoms with E-state index in [-0.39, 0.29) is 23.8 Å². The summed E-state index contributed by atoms with van der Waals surface area (Å²) < 4.78 is 13.0. The van der Waals surface area contributed by atoms with Crippen molar-refractivity contribution < 1.29 is 19.1 Å². The molecule has 2 heterocycles. The van der Waals surface area contributed by atoms with E-state index in [9.17, 15) is 14.0 Å². The Bertz CT molecular complexity index is 492. The van der Waals surface area contributed by atoms with Crippen LogP contribution in [-0.4, -0.2) is 41.6 Å². The first-order valence-electron chi connectivity index (χ1n) is 5.48. The van der Waals surface area contributed by atoms with Gasteiger partial charge >= 0.3 is 5.97 Å². The highest BCUT2D eigenvalue weighted by Gasteiger charge is 2.22. The van der Waals surface area contributed by atoms with Crippen LogP contribution < -0.4 is 10.2 Å². The van der Waals surface area contributed by atoms with Crippen molar-refractivity contribution in [1.29, 1.82) is 0 Å². The molecule has 18 heavy (non-hydrogen) atoms. The lowest BCUT2D eigenvalue weighted by molar-refractivity contribution is -0.119. The minimum Gasteiger partial charge on any atom is -0.478 e. The maximum Gasteiger partial charge on any atom is 0.339 e. The van der Waals surface area contributed by atoms with Gasteiger partial charge < -0.3 is 15.3 Å². The quantitative estimate of drug-likeness (QED) is 0.789. The number of anilines is 1. The summed E-state index contributed by atoms with van der Waals surface area (Å²) in [5, 5.41) is 11.7. The number of aromatic carboxylic acids is 1. The number of carbonyl (C=O) groups is 2. The summed E-state index contributed by atoms with van der Waals surface area (Å²) in [5.74, 6) is -2.05. The predicted octanol–water partition coefficient (Wildman–Crippen LogP) is 0.245. The molecule has 0 atom stereocenters. The van der Waals surface area contributed by atoms with Gasteiger partial charge in [-0.1, -0.05) is 0 Å². The summed E-state index contributed by atoms with van der Waals surface area (Å²) in [7, 11) is 0. The molecule has 0 aromatic carbocycles. The van der Waals surface area contributed by atoms with Crippen molar-refractivity contribution in [3.05, 3.63) is 23.6 Å². The van der Waals surface area contributed by atoms with E-state index >= 15 is 0 Å². The lowest BCUT2D eigenvalue weighted by Gasteiger charge is -2.21. The van der Waals surface area contributed by atoms with Gasteiger partial charge in [-0.15, -0.1) is 0 Å². The smallest absolute Gasteiger partial charge is 0.339 e. The van der Waals surface area contributed by atoms with Crippen LogP contribution >= 0.6 is 0 Å². The zero-order chi connectivity index (χ0) is 13.1. The molecule has 6 nitrogen and oxygen atoms in total. The molecule has 96 valence electrons. The molecule has 0 bridgehead atoms. The highest BCUT2D eigenvalue weighted by molar-refractivity contribution is 5.94. The van der Waals surface area contributed by atoms with Crippen LogP contribution in [-0.2, 0) is 4.79 Å². The van der Waals surface area contributed by atoms with Gasteiger partial charge in [0, 0.05) is 13.1 Å². The molecule has 1 aliphatic heterocycles. The fourth-order valence-electron chi connectivity index (χ4n) is 1.83. The van der Waals surface area contributed by atoms with E-state index in [4.69, 9.17) is 5.11 Å². The molecule has 2 N–H and O–H groups in total. The Hall–Kier alpha value is -2.18. The number of hydrogen-bond acceptors (Lipinski definition) is 4. The van der Waals surface area contributed by atoms with Gasteiger partial charge in [0.25, 0.3) is 0 Å². The van der Waals surface area contributed by atoms with Crippen molar-refractivity contribution in [2.24, 2.45) is 0 Å². The molecule has 1 saturated heterocycles. The zero-order valence-corrected chi connectivity index (χ0v) is 9.52. The van der Waals surface area contributed by atoms with Crippen molar-refractivity contribution in [2.45, 2.75) is 6.42 Å². The minimum atomic E-state index is -1.26. The highest BCUT2D eigenvalue weighted by Crippen LogP contribution is 2.19. The summed E-state index contributed by atoms with van der Waals surface area (Å²) >= 11 is 0. The number of pyridine rings is 1. The Balaban J connectivity index is 2.36. The molecule has 1 fully saturated rings. The van der Waals surface area contributed by atoms with Crippen molar-refractivity contribution in [2.75, 3.05) is 24.5 Å². The van der Waals surface area contributed by atoms with E-state index in [1.54, 1.807) is 4.90 Å². The summed E-state index contributed by atoms with van der Waals surface area (Å²) in [6.07, 6.45) is 1.63. The number of amides is 1. The SMILES string of the molecule is O=C1CN(c2ncc(F)cc2C(=O)O)CCCN1. The van der Waals surface area contributed by atoms with Gasteiger partial charge in [-0.3, -0.25) is 4.79 Å². The van der Waals surface area contributed by atoms with Gasteiger partial charge in [0.15, 0.2) is 0 Å². The van der Waals surface area contributed by atoms with Gasteiger partial charge in [0.1, 0.15) is 17.2 Å². The third-order valence-electron chi connectivity index (χ3n) is 2.62. The minimum absolute atomic E-state index is 0.0267. The highest BCUT2D eigenvalue weighted by atomic mass is 19.1. The Kier molecular flexibility index (Phi) is 3.40. The molecular weight excluding hydrogens is 241 g/mol. The predicted molar refractivity (Wildman–Crippen MR) is 61.0 cm³/mol. The molecule has 1 aliphatic rings. The molecule has 1 aromatic rings. The number of nitrogens with one attached hydrogen (secondary N) is 1. The monoisotopic (exact) mass is 253 g/mol. The van der Waals surface area contributed by atoms with Gasteiger partial charge in [-0.05, 0) is 12.5 Å². The second-order valence-electron chi connectivity index (χ2n) is 3.95. The van der Waals surface area contributed by atoms with Crippen molar-refractivity contribution in [3.63, 3.8) is 0 Å². The first kappa shape index (κ1) is 12.3. The fourth-order valence-corrected chi connectivity index (χ4v) is 1.83. The first-order valence-corrected chi connectivity index (χ1v) is 5.48. The fraction of sp³-hybridized carbons (Fsp3) is 0.364. The van der Waals surface area contributed by atoms with Crippen LogP contribution in [0.5, 0.6) is 0 Å². The number of carboxylic acid groups (broad SMARTS) is 1. The van der Waals surface area contributed by atoms with Crippen LogP contribution in [0.2, 0.25) is 0 Å². The topological polar surface area (TPSA) is 82.5 Å². The molecular formula is C11H12FN3O3. The van der Waals surface area contributed by atoms with E-state index < -0.39 is 11.8 Å². The van der Waals surface area contributed by atoms with E-state index in [0.29, 0.717) is 19.5 Å². The largest absolute Gasteiger partial charge is 0.478 e. The Morgan fingerprint density at radius 3 is 3.06 bits per heavy atom. The second-order valence-corrected chi connectivity index (χ2v) is 3.95. The van der Waals surface area contributed by atoms with Gasteiger partial charge in [0.2, 0.25) is 5.91 Å². The summed E-state index contributed by atoms with van der Waals surface area (Å²) in [5.41, 5.74) is -0.232. The maximum atomic E-state index is 13.0. The van der Waals surface area contributed by atoms with Crippen LogP contribution in [0.3, 0.4) is 0 Å². The van der Waals surface area contributed by atoms with Crippen molar-refractivity contribution >= 4 is 17.7 Å². The zero-order valence-electron chi connectivity index (χ0n) is 9.52. The van der Waals surface area contributed by atoms with Crippen LogP contribution in [0.15, 0.2) is 12.3 Å². The standard InChI is InChI=1S/C11H12FN3O3/c12-7-4-8(11(17)18)10(14-5-7)15-3-1-2-13-9(16)6-15/h4-5H,1-3,6H2,(H,13,16)(H,17,18). The average Bonchev–Trinajstić information content (AvgIpc) is 2.53. The van der Waals surface area contributed by atoms with Gasteiger partial charge in [-0.2, -0.15) is 0 Å². The van der Waals surface area contributed by atoms with Crippen molar-refractivity contribution in [3.8, 4) is 0 Å². The molecule has 2 rings (SSSR count). The van der Waals surface area contributed by atoms with Crippen molar-refractivity contribution in [1.82, 2.24) is 10.3 Å². The Morgan fingerprint density at radius 1 is 1.56 bits per heavy atom. The number of carboxylic acids is 1. The first-order chi connectivity index (χ1) is 8.58. The van der Waals surface area contributed by atoms with Gasteiger partial charge in [0.05, 0.1) is 12.7 Å². The molecule has 0 unspecified atom stereocenters. The van der Waals surface area contributed by atoms with Crippen LogP contribution in [0.25, 0.3) is 0 Å². The number of aromatic nitrogens is 1. The number of nitrogens with zero attached hydrogens (tertiary/aromatic N) is 2. The Morgan fingerprint density at radius 2 is 2.33 bits per heavy atom. The van der Waals surface area contributed by atoms with Crippen LogP contribution in [0, 0.1) is 5.82 Å². The lowest BCUT2D eigenvalue weighted by atomic mass is 10.2. The molecule has 0 aliphatic carbocycles. The third-order valence-corrected chi connectivity index (χ3v) is 2.62. The normalized spacial score (nSPS) is 16.1. The third kappa shape index (κ3) is 2.55. The number of halogens is 1. The van der Waals surface area contributed by atoms with Crippen LogP contribution in [0.1, 0.15) is 16.8 Å². The summed E-state index contributed by atoms with van der Waals surface area (Å²) in [6, 6.07) is 0.910. The average molecular weight is 253 g/mol. The lowest BCUT2D eigenvalue weighted by Crippen LogP contribution is -2.34.